The Morgan fingerprint density at radius 2 is 1.74 bits per heavy atom. The molecule has 1 saturated heterocycles. The van der Waals surface area contributed by atoms with Crippen molar-refractivity contribution in [2.75, 3.05) is 4.90 Å². The minimum absolute atomic E-state index is 0.260. The van der Waals surface area contributed by atoms with Gasteiger partial charge in [0.05, 0.1) is 4.91 Å². The zero-order valence-electron chi connectivity index (χ0n) is 17.7. The quantitative estimate of drug-likeness (QED) is 0.211. The minimum atomic E-state index is -0.390. The summed E-state index contributed by atoms with van der Waals surface area (Å²) in [7, 11) is 2.05. The van der Waals surface area contributed by atoms with Gasteiger partial charge in [-0.1, -0.05) is 71.7 Å². The molecule has 0 N–H and O–H groups in total. The molecule has 1 fully saturated rings. The second-order valence-electron chi connectivity index (χ2n) is 7.74. The average Bonchev–Trinajstić information content (AvgIpc) is 3.50. The molecule has 1 aliphatic heterocycles. The van der Waals surface area contributed by atoms with Gasteiger partial charge in [-0.05, 0) is 42.0 Å². The number of hydrogen-bond acceptors (Lipinski definition) is 6. The minimum Gasteiger partial charge on any atom is -0.344 e. The maximum atomic E-state index is 14.1. The van der Waals surface area contributed by atoms with Crippen LogP contribution in [0, 0.1) is 5.82 Å². The largest absolute Gasteiger partial charge is 0.344 e. The number of thiocarbonyl (C=S) groups is 1. The van der Waals surface area contributed by atoms with Crippen molar-refractivity contribution in [2.24, 2.45) is 7.05 Å². The van der Waals surface area contributed by atoms with Crippen LogP contribution in [0.4, 0.5) is 9.52 Å². The molecule has 9 heteroatoms. The SMILES string of the molecule is Cn1c2ccccc2c2cc(/C=C3\SC(=S)N(c4nnc(-c5ccccc5F)s4)C3=O)ccc21. The molecule has 1 amide bonds. The number of benzene rings is 3. The van der Waals surface area contributed by atoms with E-state index in [2.05, 4.69) is 39.0 Å². The number of carbonyl (C=O) groups is 1. The first-order valence-corrected chi connectivity index (χ1v) is 12.4. The number of rotatable bonds is 3. The lowest BCUT2D eigenvalue weighted by atomic mass is 10.1. The van der Waals surface area contributed by atoms with E-state index in [1.165, 1.54) is 22.7 Å². The van der Waals surface area contributed by atoms with Crippen LogP contribution in [0.25, 0.3) is 38.5 Å². The molecule has 166 valence electrons. The third-order valence-electron chi connectivity index (χ3n) is 5.74. The predicted molar refractivity (Wildman–Crippen MR) is 141 cm³/mol. The van der Waals surface area contributed by atoms with E-state index in [1.807, 2.05) is 31.3 Å². The summed E-state index contributed by atoms with van der Waals surface area (Å²) in [6.45, 7) is 0. The van der Waals surface area contributed by atoms with Crippen LogP contribution >= 0.6 is 35.3 Å². The number of aromatic nitrogens is 3. The van der Waals surface area contributed by atoms with Crippen molar-refractivity contribution >= 4 is 78.6 Å². The number of fused-ring (bicyclic) bond motifs is 3. The second-order valence-corrected chi connectivity index (χ2v) is 10.4. The van der Waals surface area contributed by atoms with E-state index in [4.69, 9.17) is 12.2 Å². The maximum Gasteiger partial charge on any atom is 0.272 e. The van der Waals surface area contributed by atoms with Gasteiger partial charge in [0.15, 0.2) is 9.33 Å². The molecule has 6 rings (SSSR count). The molecule has 0 bridgehead atoms. The molecule has 2 aromatic heterocycles. The molecule has 5 aromatic rings. The molecular weight excluding hydrogens is 488 g/mol. The highest BCUT2D eigenvalue weighted by molar-refractivity contribution is 8.27. The molecule has 0 saturated carbocycles. The number of amides is 1. The zero-order chi connectivity index (χ0) is 23.4. The molecule has 0 unspecified atom stereocenters. The van der Waals surface area contributed by atoms with Crippen molar-refractivity contribution in [3.05, 3.63) is 83.0 Å². The lowest BCUT2D eigenvalue weighted by Crippen LogP contribution is -2.27. The molecule has 0 atom stereocenters. The van der Waals surface area contributed by atoms with E-state index < -0.39 is 0 Å². The first-order valence-electron chi connectivity index (χ1n) is 10.3. The fourth-order valence-corrected chi connectivity index (χ4v) is 6.36. The first-order chi connectivity index (χ1) is 16.5. The van der Waals surface area contributed by atoms with Gasteiger partial charge in [0.2, 0.25) is 5.13 Å². The van der Waals surface area contributed by atoms with Gasteiger partial charge in [0.1, 0.15) is 5.82 Å². The molecule has 1 aliphatic rings. The van der Waals surface area contributed by atoms with Crippen LogP contribution in [0.2, 0.25) is 0 Å². The fourth-order valence-electron chi connectivity index (χ4n) is 4.11. The van der Waals surface area contributed by atoms with Crippen molar-refractivity contribution in [1.82, 2.24) is 14.8 Å². The number of hydrogen-bond donors (Lipinski definition) is 0. The van der Waals surface area contributed by atoms with E-state index in [0.29, 0.717) is 24.9 Å². The fraction of sp³-hybridized carbons (Fsp3) is 0.0400. The van der Waals surface area contributed by atoms with E-state index in [1.54, 1.807) is 18.2 Å². The highest BCUT2D eigenvalue weighted by Gasteiger charge is 2.35. The third-order valence-corrected chi connectivity index (χ3v) is 7.98. The monoisotopic (exact) mass is 502 g/mol. The van der Waals surface area contributed by atoms with E-state index in [-0.39, 0.29) is 11.7 Å². The number of carbonyl (C=O) groups excluding carboxylic acids is 1. The topological polar surface area (TPSA) is 51.0 Å². The van der Waals surface area contributed by atoms with Crippen LogP contribution in [0.1, 0.15) is 5.56 Å². The Balaban J connectivity index is 1.35. The Labute approximate surface area is 207 Å². The van der Waals surface area contributed by atoms with Crippen LogP contribution in [0.3, 0.4) is 0 Å². The summed E-state index contributed by atoms with van der Waals surface area (Å²) in [6.07, 6.45) is 1.85. The number of anilines is 1. The van der Waals surface area contributed by atoms with E-state index >= 15 is 0 Å². The summed E-state index contributed by atoms with van der Waals surface area (Å²) in [5.74, 6) is -0.649. The second kappa shape index (κ2) is 8.12. The van der Waals surface area contributed by atoms with Crippen molar-refractivity contribution in [1.29, 1.82) is 0 Å². The highest BCUT2D eigenvalue weighted by atomic mass is 32.2. The summed E-state index contributed by atoms with van der Waals surface area (Å²) in [4.78, 5) is 15.1. The Kier molecular flexibility index (Phi) is 5.05. The summed E-state index contributed by atoms with van der Waals surface area (Å²) in [5.41, 5.74) is 3.53. The van der Waals surface area contributed by atoms with Gasteiger partial charge in [0, 0.05) is 34.4 Å². The standard InChI is InChI=1S/C25H15FN4OS3/c1-29-19-9-5-3-6-15(19)17-12-14(10-11-20(17)29)13-21-23(31)30(25(32)33-21)24-28-27-22(34-24)16-7-2-4-8-18(16)26/h2-13H,1H3/b21-13-. The first kappa shape index (κ1) is 21.2. The molecular formula is C25H15FN4OS3. The maximum absolute atomic E-state index is 14.1. The normalized spacial score (nSPS) is 15.4. The molecule has 3 aromatic carbocycles. The van der Waals surface area contributed by atoms with Crippen molar-refractivity contribution in [3.8, 4) is 10.6 Å². The van der Waals surface area contributed by atoms with Gasteiger partial charge in [-0.25, -0.2) is 9.29 Å². The van der Waals surface area contributed by atoms with Gasteiger partial charge < -0.3 is 4.57 Å². The summed E-state index contributed by atoms with van der Waals surface area (Å²) >= 11 is 7.83. The Morgan fingerprint density at radius 3 is 2.59 bits per heavy atom. The highest BCUT2D eigenvalue weighted by Crippen LogP contribution is 2.39. The van der Waals surface area contributed by atoms with Crippen LogP contribution in [0.5, 0.6) is 0 Å². The molecule has 34 heavy (non-hydrogen) atoms. The van der Waals surface area contributed by atoms with Crippen LogP contribution < -0.4 is 4.90 Å². The number of halogens is 1. The molecule has 0 spiro atoms. The van der Waals surface area contributed by atoms with Crippen LogP contribution in [-0.4, -0.2) is 25.0 Å². The van der Waals surface area contributed by atoms with Gasteiger partial charge in [-0.2, -0.15) is 0 Å². The summed E-state index contributed by atoms with van der Waals surface area (Å²) in [6, 6.07) is 20.7. The Hall–Kier alpha value is -3.40. The van der Waals surface area contributed by atoms with Crippen molar-refractivity contribution in [3.63, 3.8) is 0 Å². The van der Waals surface area contributed by atoms with E-state index in [0.717, 1.165) is 38.7 Å². The molecule has 3 heterocycles. The zero-order valence-corrected chi connectivity index (χ0v) is 20.2. The van der Waals surface area contributed by atoms with E-state index in [9.17, 15) is 9.18 Å². The van der Waals surface area contributed by atoms with Crippen molar-refractivity contribution < 1.29 is 9.18 Å². The predicted octanol–water partition coefficient (Wildman–Crippen LogP) is 6.39. The smallest absolute Gasteiger partial charge is 0.272 e. The van der Waals surface area contributed by atoms with Gasteiger partial charge in [0.25, 0.3) is 5.91 Å². The Morgan fingerprint density at radius 1 is 0.971 bits per heavy atom. The van der Waals surface area contributed by atoms with Gasteiger partial charge in [-0.15, -0.1) is 10.2 Å². The van der Waals surface area contributed by atoms with Gasteiger partial charge in [-0.3, -0.25) is 4.79 Å². The molecule has 0 aliphatic carbocycles. The van der Waals surface area contributed by atoms with Gasteiger partial charge >= 0.3 is 0 Å². The number of nitrogens with zero attached hydrogens (tertiary/aromatic N) is 4. The van der Waals surface area contributed by atoms with Crippen LogP contribution in [0.15, 0.2) is 71.6 Å². The summed E-state index contributed by atoms with van der Waals surface area (Å²) in [5, 5.41) is 11.2. The van der Waals surface area contributed by atoms with Crippen molar-refractivity contribution in [2.45, 2.75) is 0 Å². The third kappa shape index (κ3) is 3.35. The number of thioether (sulfide) groups is 1. The lowest BCUT2D eigenvalue weighted by molar-refractivity contribution is -0.113. The molecule has 0 radical (unpaired) electrons. The van der Waals surface area contributed by atoms with Crippen LogP contribution in [-0.2, 0) is 11.8 Å². The average molecular weight is 503 g/mol. The molecule has 5 nitrogen and oxygen atoms in total. The lowest BCUT2D eigenvalue weighted by Gasteiger charge is -2.08. The summed E-state index contributed by atoms with van der Waals surface area (Å²) < 4.78 is 16.7. The number of aryl methyl sites for hydroxylation is 1. The number of para-hydroxylation sites is 1. The Bertz CT molecular complexity index is 1670.